The Morgan fingerprint density at radius 1 is 1.35 bits per heavy atom. The van der Waals surface area contributed by atoms with E-state index < -0.39 is 23.9 Å². The van der Waals surface area contributed by atoms with Crippen LogP contribution >= 0.6 is 0 Å². The van der Waals surface area contributed by atoms with Crippen LogP contribution in [0.5, 0.6) is 0 Å². The summed E-state index contributed by atoms with van der Waals surface area (Å²) < 4.78 is 4.60. The molecule has 0 saturated carbocycles. The Morgan fingerprint density at radius 2 is 2.00 bits per heavy atom. The molecule has 120 valence electrons. The quantitative estimate of drug-likeness (QED) is 0.403. The highest BCUT2D eigenvalue weighted by molar-refractivity contribution is 6.09. The number of nitriles is 1. The molecule has 3 N–H and O–H groups in total. The van der Waals surface area contributed by atoms with E-state index in [-0.39, 0.29) is 16.8 Å². The summed E-state index contributed by atoms with van der Waals surface area (Å²) in [6.45, 7) is 1.36. The van der Waals surface area contributed by atoms with Crippen LogP contribution in [0.4, 0.5) is 5.69 Å². The molecule has 1 aromatic carbocycles. The summed E-state index contributed by atoms with van der Waals surface area (Å²) >= 11 is 0. The Labute approximate surface area is 132 Å². The SMILES string of the molecule is COC(=O)c1ccccc1NC(=O)/C(C#N)=C\NC(C)C(=O)O. The van der Waals surface area contributed by atoms with Crippen molar-refractivity contribution in [2.45, 2.75) is 13.0 Å². The van der Waals surface area contributed by atoms with Crippen LogP contribution in [0.15, 0.2) is 36.0 Å². The van der Waals surface area contributed by atoms with Crippen LogP contribution in [0, 0.1) is 11.3 Å². The van der Waals surface area contributed by atoms with E-state index in [1.165, 1.54) is 26.2 Å². The third kappa shape index (κ3) is 4.86. The van der Waals surface area contributed by atoms with Crippen molar-refractivity contribution in [1.82, 2.24) is 5.32 Å². The minimum absolute atomic E-state index is 0.132. The van der Waals surface area contributed by atoms with Gasteiger partial charge in [0.25, 0.3) is 5.91 Å². The molecule has 8 nitrogen and oxygen atoms in total. The fourth-order valence-electron chi connectivity index (χ4n) is 1.50. The first-order valence-corrected chi connectivity index (χ1v) is 6.48. The van der Waals surface area contributed by atoms with Crippen LogP contribution in [-0.4, -0.2) is 36.1 Å². The number of benzene rings is 1. The first-order valence-electron chi connectivity index (χ1n) is 6.48. The van der Waals surface area contributed by atoms with Gasteiger partial charge in [0.15, 0.2) is 0 Å². The molecular formula is C15H15N3O5. The van der Waals surface area contributed by atoms with Crippen LogP contribution < -0.4 is 10.6 Å². The van der Waals surface area contributed by atoms with E-state index >= 15 is 0 Å². The summed E-state index contributed by atoms with van der Waals surface area (Å²) in [6, 6.07) is 6.83. The zero-order valence-corrected chi connectivity index (χ0v) is 12.5. The molecule has 1 unspecified atom stereocenters. The number of ether oxygens (including phenoxy) is 1. The van der Waals surface area contributed by atoms with E-state index in [4.69, 9.17) is 10.4 Å². The smallest absolute Gasteiger partial charge is 0.339 e. The number of carbonyl (C=O) groups is 3. The van der Waals surface area contributed by atoms with Crippen molar-refractivity contribution in [2.75, 3.05) is 12.4 Å². The summed E-state index contributed by atoms with van der Waals surface area (Å²) in [5, 5.41) is 22.6. The fourth-order valence-corrected chi connectivity index (χ4v) is 1.50. The fraction of sp³-hybridized carbons (Fsp3) is 0.200. The van der Waals surface area contributed by atoms with Crippen molar-refractivity contribution in [1.29, 1.82) is 5.26 Å². The minimum Gasteiger partial charge on any atom is -0.480 e. The van der Waals surface area contributed by atoms with Crippen molar-refractivity contribution < 1.29 is 24.2 Å². The van der Waals surface area contributed by atoms with Gasteiger partial charge >= 0.3 is 11.9 Å². The molecule has 0 heterocycles. The summed E-state index contributed by atoms with van der Waals surface area (Å²) in [6.07, 6.45) is 1.01. The number of carboxylic acids is 1. The number of amides is 1. The lowest BCUT2D eigenvalue weighted by Crippen LogP contribution is -2.30. The maximum absolute atomic E-state index is 12.0. The largest absolute Gasteiger partial charge is 0.480 e. The molecule has 0 aliphatic rings. The molecule has 0 aromatic heterocycles. The Hall–Kier alpha value is -3.34. The molecule has 0 fully saturated rings. The highest BCUT2D eigenvalue weighted by atomic mass is 16.5. The van der Waals surface area contributed by atoms with E-state index in [2.05, 4.69) is 15.4 Å². The van der Waals surface area contributed by atoms with Gasteiger partial charge in [-0.3, -0.25) is 9.59 Å². The van der Waals surface area contributed by atoms with Crippen LogP contribution in [0.3, 0.4) is 0 Å². The molecule has 1 amide bonds. The Bertz CT molecular complexity index is 691. The first kappa shape index (κ1) is 17.7. The maximum Gasteiger partial charge on any atom is 0.339 e. The van der Waals surface area contributed by atoms with Crippen LogP contribution in [-0.2, 0) is 14.3 Å². The number of carboxylic acid groups (broad SMARTS) is 1. The van der Waals surface area contributed by atoms with Gasteiger partial charge in [0.1, 0.15) is 17.7 Å². The third-order valence-electron chi connectivity index (χ3n) is 2.79. The van der Waals surface area contributed by atoms with Crippen LogP contribution in [0.2, 0.25) is 0 Å². The summed E-state index contributed by atoms with van der Waals surface area (Å²) in [5.41, 5.74) is -0.0259. The molecule has 0 bridgehead atoms. The minimum atomic E-state index is -1.13. The Kier molecular flexibility index (Phi) is 6.30. The van der Waals surface area contributed by atoms with Gasteiger partial charge in [-0.2, -0.15) is 5.26 Å². The second-order valence-corrected chi connectivity index (χ2v) is 4.39. The van der Waals surface area contributed by atoms with E-state index in [1.807, 2.05) is 0 Å². The number of nitrogens with zero attached hydrogens (tertiary/aromatic N) is 1. The molecule has 1 aromatic rings. The van der Waals surface area contributed by atoms with Crippen molar-refractivity contribution >= 4 is 23.5 Å². The number of carbonyl (C=O) groups excluding carboxylic acids is 2. The molecule has 0 aliphatic carbocycles. The molecule has 23 heavy (non-hydrogen) atoms. The van der Waals surface area contributed by atoms with Gasteiger partial charge in [-0.25, -0.2) is 4.79 Å². The number of esters is 1. The highest BCUT2D eigenvalue weighted by Crippen LogP contribution is 2.16. The molecule has 0 radical (unpaired) electrons. The predicted octanol–water partition coefficient (Wildman–Crippen LogP) is 0.882. The average Bonchev–Trinajstić information content (AvgIpc) is 2.54. The molecule has 0 spiro atoms. The number of rotatable bonds is 6. The second-order valence-electron chi connectivity index (χ2n) is 4.39. The van der Waals surface area contributed by atoms with E-state index in [9.17, 15) is 14.4 Å². The van der Waals surface area contributed by atoms with Crippen molar-refractivity contribution in [2.24, 2.45) is 0 Å². The zero-order valence-electron chi connectivity index (χ0n) is 12.5. The van der Waals surface area contributed by atoms with Gasteiger partial charge in [-0.05, 0) is 19.1 Å². The highest BCUT2D eigenvalue weighted by Gasteiger charge is 2.16. The monoisotopic (exact) mass is 317 g/mol. The molecule has 1 atom stereocenters. The normalized spacial score (nSPS) is 11.8. The molecule has 1 rings (SSSR count). The topological polar surface area (TPSA) is 129 Å². The van der Waals surface area contributed by atoms with Gasteiger partial charge in [-0.15, -0.1) is 0 Å². The predicted molar refractivity (Wildman–Crippen MR) is 80.3 cm³/mol. The first-order chi connectivity index (χ1) is 10.9. The Morgan fingerprint density at radius 3 is 2.57 bits per heavy atom. The van der Waals surface area contributed by atoms with Gasteiger partial charge < -0.3 is 20.5 Å². The lowest BCUT2D eigenvalue weighted by atomic mass is 10.1. The molecule has 0 saturated heterocycles. The summed E-state index contributed by atoms with van der Waals surface area (Å²) in [5.74, 6) is -2.55. The van der Waals surface area contributed by atoms with E-state index in [1.54, 1.807) is 18.2 Å². The zero-order chi connectivity index (χ0) is 17.4. The summed E-state index contributed by atoms with van der Waals surface area (Å²) in [7, 11) is 1.21. The molecule has 8 heteroatoms. The number of para-hydroxylation sites is 1. The molecular weight excluding hydrogens is 302 g/mol. The van der Waals surface area contributed by atoms with Crippen molar-refractivity contribution in [3.8, 4) is 6.07 Å². The van der Waals surface area contributed by atoms with Crippen molar-refractivity contribution in [3.63, 3.8) is 0 Å². The lowest BCUT2D eigenvalue weighted by molar-refractivity contribution is -0.138. The van der Waals surface area contributed by atoms with E-state index in [0.29, 0.717) is 0 Å². The van der Waals surface area contributed by atoms with Gasteiger partial charge in [-0.1, -0.05) is 12.1 Å². The standard InChI is InChI=1S/C15H15N3O5/c1-9(14(20)21)17-8-10(7-16)13(19)18-12-6-4-3-5-11(12)15(22)23-2/h3-6,8-9,17H,1-2H3,(H,18,19)(H,20,21)/b10-8-. The average molecular weight is 317 g/mol. The number of anilines is 1. The maximum atomic E-state index is 12.0. The number of nitrogens with one attached hydrogen (secondary N) is 2. The Balaban J connectivity index is 2.94. The number of aliphatic carboxylic acids is 1. The van der Waals surface area contributed by atoms with Gasteiger partial charge in [0.2, 0.25) is 0 Å². The number of hydrogen-bond donors (Lipinski definition) is 3. The van der Waals surface area contributed by atoms with Crippen LogP contribution in [0.25, 0.3) is 0 Å². The number of hydrogen-bond acceptors (Lipinski definition) is 6. The second kappa shape index (κ2) is 8.19. The van der Waals surface area contributed by atoms with Crippen LogP contribution in [0.1, 0.15) is 17.3 Å². The number of methoxy groups -OCH3 is 1. The van der Waals surface area contributed by atoms with Gasteiger partial charge in [0.05, 0.1) is 18.4 Å². The van der Waals surface area contributed by atoms with E-state index in [0.717, 1.165) is 6.20 Å². The van der Waals surface area contributed by atoms with Gasteiger partial charge in [0, 0.05) is 6.20 Å². The summed E-state index contributed by atoms with van der Waals surface area (Å²) in [4.78, 5) is 34.3. The molecule has 0 aliphatic heterocycles. The third-order valence-corrected chi connectivity index (χ3v) is 2.79. The van der Waals surface area contributed by atoms with Crippen molar-refractivity contribution in [3.05, 3.63) is 41.6 Å². The lowest BCUT2D eigenvalue weighted by Gasteiger charge is -2.10.